The first-order valence-corrected chi connectivity index (χ1v) is 8.49. The van der Waals surface area contributed by atoms with Crippen molar-refractivity contribution in [1.82, 2.24) is 4.90 Å². The summed E-state index contributed by atoms with van der Waals surface area (Å²) in [5, 5.41) is 0.830. The first kappa shape index (κ1) is 15.1. The lowest BCUT2D eigenvalue weighted by Gasteiger charge is -2.35. The van der Waals surface area contributed by atoms with E-state index in [9.17, 15) is 0 Å². The molecular formula is C17H25ClN2O. The van der Waals surface area contributed by atoms with Crippen molar-refractivity contribution in [2.45, 2.75) is 57.7 Å². The lowest BCUT2D eigenvalue weighted by atomic mass is 9.90. The largest absolute Gasteiger partial charge is 0.493 e. The summed E-state index contributed by atoms with van der Waals surface area (Å²) >= 11 is 6.27. The molecule has 1 fully saturated rings. The first-order valence-electron chi connectivity index (χ1n) is 8.11. The second-order valence-corrected chi connectivity index (χ2v) is 6.72. The van der Waals surface area contributed by atoms with Crippen LogP contribution < -0.4 is 10.5 Å². The summed E-state index contributed by atoms with van der Waals surface area (Å²) in [4.78, 5) is 2.56. The van der Waals surface area contributed by atoms with E-state index in [1.165, 1.54) is 24.0 Å². The average Bonchev–Trinajstić information content (AvgIpc) is 2.94. The molecule has 0 bridgehead atoms. The van der Waals surface area contributed by atoms with Gasteiger partial charge in [0.1, 0.15) is 5.75 Å². The maximum atomic E-state index is 6.27. The SMILES string of the molecule is CCN(Cc1cc(Cl)cc2c1OCC2)C1CCC(N)CC1. The fourth-order valence-corrected chi connectivity index (χ4v) is 3.91. The second kappa shape index (κ2) is 6.55. The Labute approximate surface area is 132 Å². The quantitative estimate of drug-likeness (QED) is 0.927. The minimum Gasteiger partial charge on any atom is -0.493 e. The lowest BCUT2D eigenvalue weighted by Crippen LogP contribution is -2.40. The Balaban J connectivity index is 1.75. The third-order valence-corrected chi connectivity index (χ3v) is 5.08. The summed E-state index contributed by atoms with van der Waals surface area (Å²) in [6, 6.07) is 5.16. The van der Waals surface area contributed by atoms with Gasteiger partial charge >= 0.3 is 0 Å². The Kier molecular flexibility index (Phi) is 4.72. The van der Waals surface area contributed by atoms with Gasteiger partial charge in [0.25, 0.3) is 0 Å². The van der Waals surface area contributed by atoms with Gasteiger partial charge in [-0.25, -0.2) is 0 Å². The predicted octanol–water partition coefficient (Wildman–Crippen LogP) is 3.37. The number of benzene rings is 1. The third-order valence-electron chi connectivity index (χ3n) is 4.86. The van der Waals surface area contributed by atoms with Gasteiger partial charge in [0.15, 0.2) is 0 Å². The van der Waals surface area contributed by atoms with Crippen LogP contribution in [0, 0.1) is 0 Å². The van der Waals surface area contributed by atoms with Crippen LogP contribution in [-0.4, -0.2) is 30.1 Å². The van der Waals surface area contributed by atoms with E-state index in [1.54, 1.807) is 0 Å². The van der Waals surface area contributed by atoms with Crippen molar-refractivity contribution >= 4 is 11.6 Å². The number of hydrogen-bond donors (Lipinski definition) is 1. The van der Waals surface area contributed by atoms with E-state index >= 15 is 0 Å². The number of hydrogen-bond acceptors (Lipinski definition) is 3. The molecule has 4 heteroatoms. The molecule has 0 spiro atoms. The van der Waals surface area contributed by atoms with E-state index in [2.05, 4.69) is 17.9 Å². The second-order valence-electron chi connectivity index (χ2n) is 6.28. The van der Waals surface area contributed by atoms with Crippen molar-refractivity contribution < 1.29 is 4.74 Å². The summed E-state index contributed by atoms with van der Waals surface area (Å²) < 4.78 is 5.83. The zero-order valence-electron chi connectivity index (χ0n) is 12.8. The van der Waals surface area contributed by atoms with Gasteiger partial charge < -0.3 is 10.5 Å². The van der Waals surface area contributed by atoms with Crippen molar-refractivity contribution in [2.75, 3.05) is 13.2 Å². The molecule has 1 saturated carbocycles. The molecule has 0 amide bonds. The van der Waals surface area contributed by atoms with Gasteiger partial charge in [0.05, 0.1) is 6.61 Å². The molecule has 21 heavy (non-hydrogen) atoms. The summed E-state index contributed by atoms with van der Waals surface area (Å²) in [5.41, 5.74) is 8.53. The maximum Gasteiger partial charge on any atom is 0.127 e. The van der Waals surface area contributed by atoms with Crippen molar-refractivity contribution in [3.63, 3.8) is 0 Å². The normalized spacial score (nSPS) is 25.0. The topological polar surface area (TPSA) is 38.5 Å². The molecule has 116 valence electrons. The van der Waals surface area contributed by atoms with Crippen LogP contribution in [0.1, 0.15) is 43.7 Å². The molecule has 0 aromatic heterocycles. The van der Waals surface area contributed by atoms with Crippen LogP contribution in [-0.2, 0) is 13.0 Å². The molecular weight excluding hydrogens is 284 g/mol. The molecule has 0 unspecified atom stereocenters. The number of nitrogens with zero attached hydrogens (tertiary/aromatic N) is 1. The lowest BCUT2D eigenvalue weighted by molar-refractivity contribution is 0.148. The molecule has 0 saturated heterocycles. The average molecular weight is 309 g/mol. The molecule has 0 radical (unpaired) electrons. The van der Waals surface area contributed by atoms with E-state index < -0.39 is 0 Å². The van der Waals surface area contributed by atoms with Crippen LogP contribution in [0.25, 0.3) is 0 Å². The van der Waals surface area contributed by atoms with E-state index in [1.807, 2.05) is 6.07 Å². The van der Waals surface area contributed by atoms with Crippen LogP contribution in [0.4, 0.5) is 0 Å². The highest BCUT2D eigenvalue weighted by Crippen LogP contribution is 2.34. The Bertz CT molecular complexity index is 498. The van der Waals surface area contributed by atoms with Crippen LogP contribution >= 0.6 is 11.6 Å². The highest BCUT2D eigenvalue weighted by Gasteiger charge is 2.25. The summed E-state index contributed by atoms with van der Waals surface area (Å²) in [7, 11) is 0. The highest BCUT2D eigenvalue weighted by atomic mass is 35.5. The van der Waals surface area contributed by atoms with Crippen LogP contribution in [0.2, 0.25) is 5.02 Å². The number of ether oxygens (including phenoxy) is 1. The molecule has 3 nitrogen and oxygen atoms in total. The van der Waals surface area contributed by atoms with Gasteiger partial charge in [-0.2, -0.15) is 0 Å². The van der Waals surface area contributed by atoms with Crippen LogP contribution in [0.5, 0.6) is 5.75 Å². The number of fused-ring (bicyclic) bond motifs is 1. The predicted molar refractivity (Wildman–Crippen MR) is 87.0 cm³/mol. The smallest absolute Gasteiger partial charge is 0.127 e. The van der Waals surface area contributed by atoms with E-state index in [4.69, 9.17) is 22.1 Å². The number of halogens is 1. The van der Waals surface area contributed by atoms with Crippen molar-refractivity contribution in [3.8, 4) is 5.75 Å². The maximum absolute atomic E-state index is 6.27. The zero-order valence-corrected chi connectivity index (χ0v) is 13.5. The summed E-state index contributed by atoms with van der Waals surface area (Å²) in [6.45, 7) is 5.01. The third kappa shape index (κ3) is 3.36. The number of rotatable bonds is 4. The zero-order chi connectivity index (χ0) is 14.8. The van der Waals surface area contributed by atoms with E-state index in [0.29, 0.717) is 12.1 Å². The van der Waals surface area contributed by atoms with Gasteiger partial charge in [0.2, 0.25) is 0 Å². The van der Waals surface area contributed by atoms with Gasteiger partial charge in [0, 0.05) is 35.6 Å². The minimum absolute atomic E-state index is 0.402. The molecule has 1 aromatic carbocycles. The molecule has 0 atom stereocenters. The van der Waals surface area contributed by atoms with Gasteiger partial charge in [-0.1, -0.05) is 18.5 Å². The molecule has 1 heterocycles. The highest BCUT2D eigenvalue weighted by molar-refractivity contribution is 6.30. The first-order chi connectivity index (χ1) is 10.2. The Hall–Kier alpha value is -0.770. The molecule has 2 aliphatic rings. The standard InChI is InChI=1S/C17H25ClN2O/c1-2-20(16-5-3-15(19)4-6-16)11-13-10-14(18)9-12-7-8-21-17(12)13/h9-10,15-16H,2-8,11,19H2,1H3. The van der Waals surface area contributed by atoms with Crippen LogP contribution in [0.15, 0.2) is 12.1 Å². The molecule has 3 rings (SSSR count). The van der Waals surface area contributed by atoms with Gasteiger partial charge in [-0.15, -0.1) is 0 Å². The van der Waals surface area contributed by atoms with Crippen LogP contribution in [0.3, 0.4) is 0 Å². The van der Waals surface area contributed by atoms with E-state index in [0.717, 1.165) is 49.7 Å². The van der Waals surface area contributed by atoms with Gasteiger partial charge in [-0.3, -0.25) is 4.90 Å². The van der Waals surface area contributed by atoms with Crippen molar-refractivity contribution in [3.05, 3.63) is 28.3 Å². The van der Waals surface area contributed by atoms with Crippen molar-refractivity contribution in [1.29, 1.82) is 0 Å². The Morgan fingerprint density at radius 3 is 2.76 bits per heavy atom. The molecule has 1 aromatic rings. The van der Waals surface area contributed by atoms with Gasteiger partial charge in [-0.05, 0) is 49.9 Å². The Morgan fingerprint density at radius 1 is 1.29 bits per heavy atom. The Morgan fingerprint density at radius 2 is 2.05 bits per heavy atom. The molecule has 2 N–H and O–H groups in total. The fourth-order valence-electron chi connectivity index (χ4n) is 3.65. The number of nitrogens with two attached hydrogens (primary N) is 1. The monoisotopic (exact) mass is 308 g/mol. The van der Waals surface area contributed by atoms with Crippen molar-refractivity contribution in [2.24, 2.45) is 5.73 Å². The molecule has 1 aliphatic heterocycles. The molecule has 1 aliphatic carbocycles. The fraction of sp³-hybridized carbons (Fsp3) is 0.647. The van der Waals surface area contributed by atoms with E-state index in [-0.39, 0.29) is 0 Å². The minimum atomic E-state index is 0.402. The summed E-state index contributed by atoms with van der Waals surface area (Å²) in [5.74, 6) is 1.07. The summed E-state index contributed by atoms with van der Waals surface area (Å²) in [6.07, 6.45) is 5.68.